The Morgan fingerprint density at radius 2 is 1.91 bits per heavy atom. The van der Waals surface area contributed by atoms with Gasteiger partial charge in [-0.1, -0.05) is 19.1 Å². The first-order valence-electron chi connectivity index (χ1n) is 7.52. The van der Waals surface area contributed by atoms with Crippen LogP contribution in [0.2, 0.25) is 0 Å². The Morgan fingerprint density at radius 3 is 2.59 bits per heavy atom. The van der Waals surface area contributed by atoms with Crippen molar-refractivity contribution >= 4 is 11.5 Å². The summed E-state index contributed by atoms with van der Waals surface area (Å²) < 4.78 is 5.36. The Hall–Kier alpha value is -2.55. The van der Waals surface area contributed by atoms with Gasteiger partial charge >= 0.3 is 0 Å². The Labute approximate surface area is 131 Å². The second kappa shape index (κ2) is 8.03. The minimum atomic E-state index is -0.0396. The molecule has 0 saturated heterocycles. The van der Waals surface area contributed by atoms with Gasteiger partial charge in [0.25, 0.3) is 0 Å². The van der Waals surface area contributed by atoms with Gasteiger partial charge in [-0.3, -0.25) is 4.79 Å². The minimum Gasteiger partial charge on any atom is -0.494 e. The monoisotopic (exact) mass is 295 g/mol. The minimum absolute atomic E-state index is 0.0396. The fourth-order valence-corrected chi connectivity index (χ4v) is 2.07. The van der Waals surface area contributed by atoms with Crippen LogP contribution in [0.15, 0.2) is 60.8 Å². The first-order valence-corrected chi connectivity index (χ1v) is 7.52. The molecule has 0 saturated carbocycles. The van der Waals surface area contributed by atoms with Crippen LogP contribution in [0.25, 0.3) is 0 Å². The van der Waals surface area contributed by atoms with Gasteiger partial charge in [-0.2, -0.15) is 0 Å². The van der Waals surface area contributed by atoms with Gasteiger partial charge < -0.3 is 10.1 Å². The van der Waals surface area contributed by atoms with Crippen LogP contribution < -0.4 is 10.1 Å². The van der Waals surface area contributed by atoms with Gasteiger partial charge in [-0.25, -0.2) is 0 Å². The van der Waals surface area contributed by atoms with Crippen LogP contribution in [0.4, 0.5) is 5.69 Å². The van der Waals surface area contributed by atoms with Crippen LogP contribution in [0.3, 0.4) is 0 Å². The van der Waals surface area contributed by atoms with Gasteiger partial charge in [0.1, 0.15) is 5.75 Å². The normalized spacial score (nSPS) is 10.6. The predicted octanol–water partition coefficient (Wildman–Crippen LogP) is 4.46. The third-order valence-electron chi connectivity index (χ3n) is 3.27. The van der Waals surface area contributed by atoms with Crippen molar-refractivity contribution in [3.8, 4) is 5.75 Å². The van der Waals surface area contributed by atoms with Crippen molar-refractivity contribution in [2.24, 2.45) is 0 Å². The molecule has 0 fully saturated rings. The van der Waals surface area contributed by atoms with Crippen LogP contribution in [-0.2, 0) is 6.42 Å². The third-order valence-corrected chi connectivity index (χ3v) is 3.27. The van der Waals surface area contributed by atoms with Crippen LogP contribution in [-0.4, -0.2) is 12.4 Å². The summed E-state index contributed by atoms with van der Waals surface area (Å²) in [5.41, 5.74) is 2.88. The molecule has 0 amide bonds. The van der Waals surface area contributed by atoms with Gasteiger partial charge in [-0.15, -0.1) is 0 Å². The maximum Gasteiger partial charge on any atom is 0.187 e. The average Bonchev–Trinajstić information content (AvgIpc) is 2.56. The predicted molar refractivity (Wildman–Crippen MR) is 90.5 cm³/mol. The molecular formula is C19H21NO2. The Bertz CT molecular complexity index is 645. The van der Waals surface area contributed by atoms with Crippen LogP contribution >= 0.6 is 0 Å². The molecule has 0 aliphatic rings. The molecular weight excluding hydrogens is 274 g/mol. The fraction of sp³-hybridized carbons (Fsp3) is 0.211. The maximum atomic E-state index is 12.1. The van der Waals surface area contributed by atoms with E-state index >= 15 is 0 Å². The highest BCUT2D eigenvalue weighted by molar-refractivity contribution is 6.04. The summed E-state index contributed by atoms with van der Waals surface area (Å²) in [6.07, 6.45) is 4.20. The molecule has 0 spiro atoms. The number of carbonyl (C=O) groups excluding carboxylic acids is 1. The maximum absolute atomic E-state index is 12.1. The Kier molecular flexibility index (Phi) is 5.78. The van der Waals surface area contributed by atoms with Crippen molar-refractivity contribution in [2.75, 3.05) is 11.9 Å². The SMILES string of the molecule is CCOc1ccc(C(=O)C=CNc2cccc(CC)c2)cc1. The lowest BCUT2D eigenvalue weighted by molar-refractivity contribution is 0.104. The molecule has 0 radical (unpaired) electrons. The number of ketones is 1. The van der Waals surface area contributed by atoms with E-state index in [1.165, 1.54) is 11.6 Å². The number of allylic oxidation sites excluding steroid dienone is 1. The van der Waals surface area contributed by atoms with Gasteiger partial charge in [0, 0.05) is 23.5 Å². The molecule has 0 heterocycles. The number of anilines is 1. The fourth-order valence-electron chi connectivity index (χ4n) is 2.07. The van der Waals surface area contributed by atoms with Crippen molar-refractivity contribution in [3.63, 3.8) is 0 Å². The first kappa shape index (κ1) is 15.8. The van der Waals surface area contributed by atoms with E-state index in [2.05, 4.69) is 24.4 Å². The number of benzene rings is 2. The van der Waals surface area contributed by atoms with Crippen molar-refractivity contribution in [3.05, 3.63) is 71.9 Å². The van der Waals surface area contributed by atoms with E-state index in [1.54, 1.807) is 18.3 Å². The number of nitrogens with one attached hydrogen (secondary N) is 1. The van der Waals surface area contributed by atoms with Crippen molar-refractivity contribution < 1.29 is 9.53 Å². The number of hydrogen-bond acceptors (Lipinski definition) is 3. The summed E-state index contributed by atoms with van der Waals surface area (Å²) in [5, 5.41) is 3.13. The smallest absolute Gasteiger partial charge is 0.187 e. The summed E-state index contributed by atoms with van der Waals surface area (Å²) in [4.78, 5) is 12.1. The zero-order valence-corrected chi connectivity index (χ0v) is 13.0. The van der Waals surface area contributed by atoms with Crippen LogP contribution in [0.5, 0.6) is 5.75 Å². The van der Waals surface area contributed by atoms with Gasteiger partial charge in [-0.05, 0) is 55.3 Å². The zero-order chi connectivity index (χ0) is 15.8. The van der Waals surface area contributed by atoms with E-state index in [-0.39, 0.29) is 5.78 Å². The lowest BCUT2D eigenvalue weighted by Crippen LogP contribution is -1.97. The van der Waals surface area contributed by atoms with E-state index in [9.17, 15) is 4.79 Å². The molecule has 2 rings (SSSR count). The van der Waals surface area contributed by atoms with Gasteiger partial charge in [0.15, 0.2) is 5.78 Å². The molecule has 0 bridgehead atoms. The number of carbonyl (C=O) groups is 1. The van der Waals surface area contributed by atoms with Crippen molar-refractivity contribution in [2.45, 2.75) is 20.3 Å². The summed E-state index contributed by atoms with van der Waals surface area (Å²) >= 11 is 0. The zero-order valence-electron chi connectivity index (χ0n) is 13.0. The van der Waals surface area contributed by atoms with E-state index < -0.39 is 0 Å². The standard InChI is InChI=1S/C19H21NO2/c1-3-15-6-5-7-17(14-15)20-13-12-19(21)16-8-10-18(11-9-16)22-4-2/h5-14,20H,3-4H2,1-2H3. The second-order valence-corrected chi connectivity index (χ2v) is 4.85. The molecule has 3 heteroatoms. The molecule has 0 aliphatic heterocycles. The summed E-state index contributed by atoms with van der Waals surface area (Å²) in [7, 11) is 0. The van der Waals surface area contributed by atoms with Crippen molar-refractivity contribution in [1.29, 1.82) is 0 Å². The third kappa shape index (κ3) is 4.48. The quantitative estimate of drug-likeness (QED) is 0.605. The molecule has 0 unspecified atom stereocenters. The van der Waals surface area contributed by atoms with Gasteiger partial charge in [0.05, 0.1) is 6.61 Å². The molecule has 22 heavy (non-hydrogen) atoms. The highest BCUT2D eigenvalue weighted by Gasteiger charge is 2.01. The van der Waals surface area contributed by atoms with E-state index in [0.717, 1.165) is 17.9 Å². The van der Waals surface area contributed by atoms with E-state index in [4.69, 9.17) is 4.74 Å². The molecule has 0 aliphatic carbocycles. The Morgan fingerprint density at radius 1 is 1.14 bits per heavy atom. The van der Waals surface area contributed by atoms with E-state index in [0.29, 0.717) is 12.2 Å². The molecule has 2 aromatic rings. The molecule has 114 valence electrons. The van der Waals surface area contributed by atoms with Crippen molar-refractivity contribution in [1.82, 2.24) is 0 Å². The molecule has 2 aromatic carbocycles. The summed E-state index contributed by atoms with van der Waals surface area (Å²) in [6, 6.07) is 15.3. The number of aryl methyl sites for hydroxylation is 1. The summed E-state index contributed by atoms with van der Waals surface area (Å²) in [5.74, 6) is 0.736. The lowest BCUT2D eigenvalue weighted by Gasteiger charge is -2.04. The van der Waals surface area contributed by atoms with Crippen LogP contribution in [0, 0.1) is 0 Å². The molecule has 3 nitrogen and oxygen atoms in total. The molecule has 0 aromatic heterocycles. The molecule has 0 atom stereocenters. The van der Waals surface area contributed by atoms with Crippen LogP contribution in [0.1, 0.15) is 29.8 Å². The summed E-state index contributed by atoms with van der Waals surface area (Å²) in [6.45, 7) is 4.67. The van der Waals surface area contributed by atoms with Gasteiger partial charge in [0.2, 0.25) is 0 Å². The highest BCUT2D eigenvalue weighted by atomic mass is 16.5. The first-order chi connectivity index (χ1) is 10.7. The topological polar surface area (TPSA) is 38.3 Å². The largest absolute Gasteiger partial charge is 0.494 e. The molecule has 1 N–H and O–H groups in total. The second-order valence-electron chi connectivity index (χ2n) is 4.85. The Balaban J connectivity index is 1.95. The average molecular weight is 295 g/mol. The highest BCUT2D eigenvalue weighted by Crippen LogP contribution is 2.13. The number of rotatable bonds is 7. The van der Waals surface area contributed by atoms with E-state index in [1.807, 2.05) is 31.2 Å². The number of hydrogen-bond donors (Lipinski definition) is 1. The number of ether oxygens (including phenoxy) is 1. The lowest BCUT2D eigenvalue weighted by atomic mass is 10.1.